The smallest absolute Gasteiger partial charge is 0.265 e. The fourth-order valence-corrected chi connectivity index (χ4v) is 4.36. The van der Waals surface area contributed by atoms with Gasteiger partial charge in [0.15, 0.2) is 5.13 Å². The standard InChI is InChI=1S/C24H22N4O2S/c1-14-9-5-6-10-16(14)20-13-18(17-11-7-8-12-19(17)26-20)22(29)27-24-25-15(2)21(31-24)23(30)28(3)4/h5-13H,1-4H3,(H,25,27,29). The van der Waals surface area contributed by atoms with Gasteiger partial charge in [0, 0.05) is 25.0 Å². The average Bonchev–Trinajstić information content (AvgIpc) is 3.12. The average molecular weight is 431 g/mol. The second-order valence-corrected chi connectivity index (χ2v) is 8.47. The molecule has 0 aliphatic carbocycles. The van der Waals surface area contributed by atoms with Gasteiger partial charge in [-0.15, -0.1) is 0 Å². The number of amides is 2. The third-order valence-corrected chi connectivity index (χ3v) is 6.06. The van der Waals surface area contributed by atoms with Gasteiger partial charge in [-0.2, -0.15) is 0 Å². The van der Waals surface area contributed by atoms with E-state index in [0.717, 1.165) is 27.7 Å². The van der Waals surface area contributed by atoms with Gasteiger partial charge in [0.2, 0.25) is 0 Å². The second-order valence-electron chi connectivity index (χ2n) is 7.47. The molecule has 0 atom stereocenters. The third-order valence-electron chi connectivity index (χ3n) is 5.00. The number of hydrogen-bond acceptors (Lipinski definition) is 5. The summed E-state index contributed by atoms with van der Waals surface area (Å²) in [7, 11) is 3.38. The minimum Gasteiger partial charge on any atom is -0.344 e. The molecule has 0 bridgehead atoms. The van der Waals surface area contributed by atoms with Crippen LogP contribution >= 0.6 is 11.3 Å². The maximum Gasteiger partial charge on any atom is 0.265 e. The molecule has 7 heteroatoms. The number of rotatable bonds is 4. The van der Waals surface area contributed by atoms with Crippen LogP contribution in [0.1, 0.15) is 31.3 Å². The number of hydrogen-bond donors (Lipinski definition) is 1. The van der Waals surface area contributed by atoms with Crippen LogP contribution in [0.5, 0.6) is 0 Å². The Labute approximate surface area is 184 Å². The highest BCUT2D eigenvalue weighted by Crippen LogP contribution is 2.29. The maximum atomic E-state index is 13.3. The van der Waals surface area contributed by atoms with Crippen molar-refractivity contribution in [3.63, 3.8) is 0 Å². The number of nitrogens with one attached hydrogen (secondary N) is 1. The van der Waals surface area contributed by atoms with E-state index in [0.29, 0.717) is 21.3 Å². The molecular weight excluding hydrogens is 408 g/mol. The highest BCUT2D eigenvalue weighted by molar-refractivity contribution is 7.17. The lowest BCUT2D eigenvalue weighted by molar-refractivity contribution is 0.0831. The maximum absolute atomic E-state index is 13.3. The molecule has 0 saturated carbocycles. The first kappa shape index (κ1) is 20.7. The van der Waals surface area contributed by atoms with E-state index in [1.54, 1.807) is 21.0 Å². The largest absolute Gasteiger partial charge is 0.344 e. The summed E-state index contributed by atoms with van der Waals surface area (Å²) < 4.78 is 0. The highest BCUT2D eigenvalue weighted by atomic mass is 32.1. The van der Waals surface area contributed by atoms with Crippen LogP contribution in [-0.4, -0.2) is 40.8 Å². The molecule has 2 aromatic heterocycles. The van der Waals surface area contributed by atoms with Crippen molar-refractivity contribution in [3.8, 4) is 11.3 Å². The first-order valence-corrected chi connectivity index (χ1v) is 10.6. The van der Waals surface area contributed by atoms with Crippen LogP contribution in [0.4, 0.5) is 5.13 Å². The zero-order chi connectivity index (χ0) is 22.1. The molecule has 2 aromatic carbocycles. The monoisotopic (exact) mass is 430 g/mol. The Hall–Kier alpha value is -3.58. The number of thiazole rings is 1. The minimum atomic E-state index is -0.286. The molecule has 6 nitrogen and oxygen atoms in total. The molecule has 0 saturated heterocycles. The lowest BCUT2D eigenvalue weighted by Gasteiger charge is -2.11. The fourth-order valence-electron chi connectivity index (χ4n) is 3.38. The number of fused-ring (bicyclic) bond motifs is 1. The first-order chi connectivity index (χ1) is 14.8. The van der Waals surface area contributed by atoms with Gasteiger partial charge in [-0.25, -0.2) is 9.97 Å². The third kappa shape index (κ3) is 4.04. The highest BCUT2D eigenvalue weighted by Gasteiger charge is 2.20. The molecule has 0 aliphatic rings. The van der Waals surface area contributed by atoms with Crippen molar-refractivity contribution in [2.75, 3.05) is 19.4 Å². The predicted molar refractivity (Wildman–Crippen MR) is 125 cm³/mol. The van der Waals surface area contributed by atoms with Gasteiger partial charge in [0.05, 0.1) is 22.5 Å². The van der Waals surface area contributed by atoms with Crippen molar-refractivity contribution in [3.05, 3.63) is 76.3 Å². The lowest BCUT2D eigenvalue weighted by Crippen LogP contribution is -2.21. The van der Waals surface area contributed by atoms with Gasteiger partial charge in [-0.1, -0.05) is 53.8 Å². The Morgan fingerprint density at radius 1 is 0.968 bits per heavy atom. The van der Waals surface area contributed by atoms with Crippen molar-refractivity contribution in [1.29, 1.82) is 0 Å². The van der Waals surface area contributed by atoms with Gasteiger partial charge < -0.3 is 4.90 Å². The molecule has 4 rings (SSSR count). The van der Waals surface area contributed by atoms with E-state index in [2.05, 4.69) is 10.3 Å². The molecule has 0 fully saturated rings. The number of carbonyl (C=O) groups excluding carboxylic acids is 2. The molecule has 2 amide bonds. The van der Waals surface area contributed by atoms with E-state index in [1.807, 2.05) is 61.5 Å². The number of carbonyl (C=O) groups is 2. The number of aryl methyl sites for hydroxylation is 2. The van der Waals surface area contributed by atoms with Crippen LogP contribution in [0.2, 0.25) is 0 Å². The Bertz CT molecular complexity index is 1310. The van der Waals surface area contributed by atoms with Crippen molar-refractivity contribution in [2.45, 2.75) is 13.8 Å². The summed E-state index contributed by atoms with van der Waals surface area (Å²) in [6.07, 6.45) is 0. The Balaban J connectivity index is 1.75. The lowest BCUT2D eigenvalue weighted by atomic mass is 10.0. The normalized spacial score (nSPS) is 10.8. The topological polar surface area (TPSA) is 75.2 Å². The number of pyridine rings is 1. The number of nitrogens with zero attached hydrogens (tertiary/aromatic N) is 3. The minimum absolute atomic E-state index is 0.133. The van der Waals surface area contributed by atoms with E-state index >= 15 is 0 Å². The number of anilines is 1. The van der Waals surface area contributed by atoms with Crippen LogP contribution in [-0.2, 0) is 0 Å². The Morgan fingerprint density at radius 3 is 2.42 bits per heavy atom. The summed E-state index contributed by atoms with van der Waals surface area (Å²) in [5.74, 6) is -0.419. The van der Waals surface area contributed by atoms with Crippen molar-refractivity contribution >= 4 is 39.2 Å². The zero-order valence-corrected chi connectivity index (χ0v) is 18.6. The van der Waals surface area contributed by atoms with Crippen molar-refractivity contribution < 1.29 is 9.59 Å². The fraction of sp³-hybridized carbons (Fsp3) is 0.167. The Morgan fingerprint density at radius 2 is 1.68 bits per heavy atom. The van der Waals surface area contributed by atoms with E-state index in [9.17, 15) is 9.59 Å². The molecule has 31 heavy (non-hydrogen) atoms. The first-order valence-electron chi connectivity index (χ1n) is 9.81. The van der Waals surface area contributed by atoms with Gasteiger partial charge in [0.1, 0.15) is 4.88 Å². The van der Waals surface area contributed by atoms with Gasteiger partial charge >= 0.3 is 0 Å². The van der Waals surface area contributed by atoms with Gasteiger partial charge in [0.25, 0.3) is 11.8 Å². The van der Waals surface area contributed by atoms with Gasteiger partial charge in [-0.05, 0) is 31.5 Å². The quantitative estimate of drug-likeness (QED) is 0.498. The summed E-state index contributed by atoms with van der Waals surface area (Å²) in [4.78, 5) is 36.7. The molecule has 2 heterocycles. The second kappa shape index (κ2) is 8.28. The number of para-hydroxylation sites is 1. The molecule has 0 radical (unpaired) electrons. The van der Waals surface area contributed by atoms with Gasteiger partial charge in [-0.3, -0.25) is 14.9 Å². The van der Waals surface area contributed by atoms with Crippen molar-refractivity contribution in [2.24, 2.45) is 0 Å². The summed E-state index contributed by atoms with van der Waals surface area (Å²) >= 11 is 1.18. The van der Waals surface area contributed by atoms with E-state index in [1.165, 1.54) is 16.2 Å². The molecule has 0 spiro atoms. The molecule has 156 valence electrons. The predicted octanol–water partition coefficient (Wildman–Crippen LogP) is 4.93. The summed E-state index contributed by atoms with van der Waals surface area (Å²) in [6.45, 7) is 3.79. The molecule has 1 N–H and O–H groups in total. The molecule has 0 aliphatic heterocycles. The van der Waals surface area contributed by atoms with Crippen LogP contribution in [0.25, 0.3) is 22.2 Å². The van der Waals surface area contributed by atoms with Crippen molar-refractivity contribution in [1.82, 2.24) is 14.9 Å². The zero-order valence-electron chi connectivity index (χ0n) is 17.8. The van der Waals surface area contributed by atoms with E-state index in [4.69, 9.17) is 4.98 Å². The van der Waals surface area contributed by atoms with Crippen LogP contribution in [0.3, 0.4) is 0 Å². The number of aromatic nitrogens is 2. The van der Waals surface area contributed by atoms with E-state index < -0.39 is 0 Å². The van der Waals surface area contributed by atoms with E-state index in [-0.39, 0.29) is 11.8 Å². The number of benzene rings is 2. The molecule has 4 aromatic rings. The molecular formula is C24H22N4O2S. The summed E-state index contributed by atoms with van der Waals surface area (Å²) in [6, 6.07) is 17.3. The SMILES string of the molecule is Cc1ccccc1-c1cc(C(=O)Nc2nc(C)c(C(=O)N(C)C)s2)c2ccccc2n1. The summed E-state index contributed by atoms with van der Waals surface area (Å²) in [5.41, 5.74) is 4.65. The van der Waals surface area contributed by atoms with Crippen LogP contribution in [0.15, 0.2) is 54.6 Å². The summed E-state index contributed by atoms with van der Waals surface area (Å²) in [5, 5.41) is 4.02. The van der Waals surface area contributed by atoms with Crippen LogP contribution in [0, 0.1) is 13.8 Å². The van der Waals surface area contributed by atoms with Crippen LogP contribution < -0.4 is 5.32 Å². The Kier molecular flexibility index (Phi) is 5.52. The molecule has 0 unspecified atom stereocenters.